The molecular formula is C26H37N5O8. The maximum Gasteiger partial charge on any atom is 0.338 e. The monoisotopic (exact) mass is 547 g/mol. The van der Waals surface area contributed by atoms with Crippen LogP contribution in [0.5, 0.6) is 0 Å². The van der Waals surface area contributed by atoms with Crippen LogP contribution in [0.3, 0.4) is 0 Å². The van der Waals surface area contributed by atoms with E-state index in [0.29, 0.717) is 43.5 Å². The first-order valence-corrected chi connectivity index (χ1v) is 12.5. The standard InChI is InChI=1S/C26H37N5O8/c1-7-38-24(32)22-21(18-9-8-10-19(15-18)31(34)35)20(25(33)39-16(2)3)17(4)29-23(22)30-26(27-11-13-36-5)28-12-14-37-6/h8-10,15-16,21,29H,7,11-14H2,1-6H3,(H2,27,28,30). The molecule has 1 heterocycles. The summed E-state index contributed by atoms with van der Waals surface area (Å²) in [4.78, 5) is 42.4. The molecule has 0 radical (unpaired) electrons. The van der Waals surface area contributed by atoms with Gasteiger partial charge in [0.05, 0.1) is 47.9 Å². The number of aliphatic imine (C=N–C) groups is 1. The van der Waals surface area contributed by atoms with Crippen LogP contribution in [0.2, 0.25) is 0 Å². The summed E-state index contributed by atoms with van der Waals surface area (Å²) in [7, 11) is 3.13. The van der Waals surface area contributed by atoms with Gasteiger partial charge in [-0.05, 0) is 33.3 Å². The van der Waals surface area contributed by atoms with Gasteiger partial charge in [-0.3, -0.25) is 10.1 Å². The van der Waals surface area contributed by atoms with Gasteiger partial charge in [0.2, 0.25) is 0 Å². The summed E-state index contributed by atoms with van der Waals surface area (Å²) in [5.74, 6) is -2.06. The van der Waals surface area contributed by atoms with Gasteiger partial charge in [-0.15, -0.1) is 0 Å². The topological polar surface area (TPSA) is 163 Å². The number of nitro benzene ring substituents is 1. The van der Waals surface area contributed by atoms with Crippen LogP contribution in [0, 0.1) is 10.1 Å². The summed E-state index contributed by atoms with van der Waals surface area (Å²) in [6.45, 7) is 8.36. The van der Waals surface area contributed by atoms with Crippen molar-refractivity contribution in [3.63, 3.8) is 0 Å². The largest absolute Gasteiger partial charge is 0.463 e. The number of carbonyl (C=O) groups is 2. The van der Waals surface area contributed by atoms with Gasteiger partial charge in [-0.25, -0.2) is 9.59 Å². The van der Waals surface area contributed by atoms with Crippen molar-refractivity contribution in [1.29, 1.82) is 0 Å². The number of esters is 2. The molecule has 0 aromatic heterocycles. The van der Waals surface area contributed by atoms with Gasteiger partial charge in [0.15, 0.2) is 5.96 Å². The van der Waals surface area contributed by atoms with Crippen LogP contribution >= 0.6 is 0 Å². The average molecular weight is 548 g/mol. The number of carbonyl (C=O) groups excluding carboxylic acids is 2. The van der Waals surface area contributed by atoms with E-state index in [1.165, 1.54) is 18.2 Å². The smallest absolute Gasteiger partial charge is 0.338 e. The lowest BCUT2D eigenvalue weighted by Gasteiger charge is -2.30. The Morgan fingerprint density at radius 3 is 2.28 bits per heavy atom. The van der Waals surface area contributed by atoms with Crippen molar-refractivity contribution >= 4 is 23.6 Å². The molecule has 39 heavy (non-hydrogen) atoms. The quantitative estimate of drug-likeness (QED) is 0.0828. The number of nitro groups is 1. The van der Waals surface area contributed by atoms with Crippen LogP contribution in [0.1, 0.15) is 39.2 Å². The molecule has 1 aliphatic heterocycles. The fraction of sp³-hybridized carbons (Fsp3) is 0.500. The van der Waals surface area contributed by atoms with E-state index in [4.69, 9.17) is 18.9 Å². The van der Waals surface area contributed by atoms with Crippen LogP contribution in [0.25, 0.3) is 0 Å². The van der Waals surface area contributed by atoms with Crippen LogP contribution in [-0.2, 0) is 28.5 Å². The normalized spacial score (nSPS) is 15.0. The molecule has 0 spiro atoms. The fourth-order valence-corrected chi connectivity index (χ4v) is 3.82. The molecule has 0 saturated carbocycles. The molecule has 1 unspecified atom stereocenters. The summed E-state index contributed by atoms with van der Waals surface area (Å²) in [6.07, 6.45) is -0.445. The lowest BCUT2D eigenvalue weighted by Crippen LogP contribution is -2.41. The minimum Gasteiger partial charge on any atom is -0.463 e. The number of allylic oxidation sites excluding steroid dienone is 1. The third kappa shape index (κ3) is 8.79. The van der Waals surface area contributed by atoms with Crippen molar-refractivity contribution in [2.75, 3.05) is 47.1 Å². The molecule has 214 valence electrons. The van der Waals surface area contributed by atoms with Crippen LogP contribution in [0.4, 0.5) is 5.69 Å². The second-order valence-electron chi connectivity index (χ2n) is 8.69. The minimum absolute atomic E-state index is 0.00163. The van der Waals surface area contributed by atoms with E-state index in [1.807, 2.05) is 0 Å². The minimum atomic E-state index is -1.06. The highest BCUT2D eigenvalue weighted by atomic mass is 16.6. The summed E-state index contributed by atoms with van der Waals surface area (Å²) >= 11 is 0. The Bertz CT molecular complexity index is 1120. The number of rotatable bonds is 13. The molecule has 13 heteroatoms. The summed E-state index contributed by atoms with van der Waals surface area (Å²) in [6, 6.07) is 5.75. The Morgan fingerprint density at radius 1 is 1.10 bits per heavy atom. The zero-order valence-corrected chi connectivity index (χ0v) is 23.2. The van der Waals surface area contributed by atoms with Gasteiger partial charge in [0.25, 0.3) is 5.69 Å². The highest BCUT2D eigenvalue weighted by Crippen LogP contribution is 2.40. The molecule has 0 fully saturated rings. The van der Waals surface area contributed by atoms with E-state index < -0.39 is 28.9 Å². The van der Waals surface area contributed by atoms with Crippen LogP contribution < -0.4 is 16.0 Å². The Hall–Kier alpha value is -3.97. The molecule has 0 saturated heterocycles. The Labute approximate surface area is 227 Å². The average Bonchev–Trinajstić information content (AvgIpc) is 2.88. The maximum absolute atomic E-state index is 13.4. The number of nitrogens with zero attached hydrogens (tertiary/aromatic N) is 2. The Kier molecular flexibility index (Phi) is 12.4. The molecule has 0 aliphatic carbocycles. The van der Waals surface area contributed by atoms with Gasteiger partial charge < -0.3 is 34.9 Å². The van der Waals surface area contributed by atoms with Crippen LogP contribution in [-0.4, -0.2) is 76.1 Å². The van der Waals surface area contributed by atoms with Crippen molar-refractivity contribution < 1.29 is 33.5 Å². The molecule has 1 aliphatic rings. The van der Waals surface area contributed by atoms with Crippen molar-refractivity contribution in [2.45, 2.75) is 39.7 Å². The SMILES string of the molecule is CCOC(=O)C1=C(N=C(NCCOC)NCCOC)NC(C)=C(C(=O)OC(C)C)C1c1cccc([N+](=O)[O-])c1. The first kappa shape index (κ1) is 31.2. The highest BCUT2D eigenvalue weighted by Gasteiger charge is 2.40. The lowest BCUT2D eigenvalue weighted by molar-refractivity contribution is -0.384. The van der Waals surface area contributed by atoms with E-state index in [1.54, 1.807) is 48.0 Å². The zero-order chi connectivity index (χ0) is 28.9. The second-order valence-corrected chi connectivity index (χ2v) is 8.69. The third-order valence-corrected chi connectivity index (χ3v) is 5.44. The van der Waals surface area contributed by atoms with Crippen molar-refractivity contribution in [3.05, 3.63) is 62.6 Å². The van der Waals surface area contributed by atoms with Gasteiger partial charge in [0, 0.05) is 45.1 Å². The summed E-state index contributed by atoms with van der Waals surface area (Å²) < 4.78 is 21.1. The van der Waals surface area contributed by atoms with Gasteiger partial charge >= 0.3 is 11.9 Å². The molecule has 13 nitrogen and oxygen atoms in total. The van der Waals surface area contributed by atoms with E-state index in [2.05, 4.69) is 20.9 Å². The zero-order valence-electron chi connectivity index (χ0n) is 23.2. The number of hydrogen-bond acceptors (Lipinski definition) is 10. The molecule has 1 aromatic rings. The van der Waals surface area contributed by atoms with E-state index >= 15 is 0 Å². The van der Waals surface area contributed by atoms with E-state index in [0.717, 1.165) is 0 Å². The highest BCUT2D eigenvalue weighted by molar-refractivity contribution is 6.00. The molecule has 1 atom stereocenters. The van der Waals surface area contributed by atoms with Crippen molar-refractivity contribution in [2.24, 2.45) is 4.99 Å². The Morgan fingerprint density at radius 2 is 1.74 bits per heavy atom. The predicted octanol–water partition coefficient (Wildman–Crippen LogP) is 2.11. The fourth-order valence-electron chi connectivity index (χ4n) is 3.82. The van der Waals surface area contributed by atoms with Crippen LogP contribution in [0.15, 0.2) is 51.9 Å². The molecule has 0 amide bonds. The predicted molar refractivity (Wildman–Crippen MR) is 144 cm³/mol. The summed E-state index contributed by atoms with van der Waals surface area (Å²) in [5, 5.41) is 20.8. The molecule has 0 bridgehead atoms. The number of nitrogens with one attached hydrogen (secondary N) is 3. The number of benzene rings is 1. The molecule has 3 N–H and O–H groups in total. The lowest BCUT2D eigenvalue weighted by atomic mass is 9.81. The number of guanidine groups is 1. The number of dihydropyridines is 1. The number of hydrogen-bond donors (Lipinski definition) is 3. The second kappa shape index (κ2) is 15.4. The van der Waals surface area contributed by atoms with Gasteiger partial charge in [-0.2, -0.15) is 4.99 Å². The van der Waals surface area contributed by atoms with Crippen molar-refractivity contribution in [3.8, 4) is 0 Å². The number of non-ortho nitro benzene ring substituents is 1. The van der Waals surface area contributed by atoms with E-state index in [9.17, 15) is 19.7 Å². The summed E-state index contributed by atoms with van der Waals surface area (Å²) in [5.41, 5.74) is 0.622. The third-order valence-electron chi connectivity index (χ3n) is 5.44. The van der Waals surface area contributed by atoms with Gasteiger partial charge in [-0.1, -0.05) is 12.1 Å². The van der Waals surface area contributed by atoms with E-state index in [-0.39, 0.29) is 29.3 Å². The molecular weight excluding hydrogens is 510 g/mol. The number of ether oxygens (including phenoxy) is 4. The molecule has 2 rings (SSSR count). The maximum atomic E-state index is 13.4. The van der Waals surface area contributed by atoms with Gasteiger partial charge in [0.1, 0.15) is 5.82 Å². The molecule has 1 aromatic carbocycles. The number of methoxy groups -OCH3 is 2. The Balaban J connectivity index is 2.79. The first-order chi connectivity index (χ1) is 18.6. The van der Waals surface area contributed by atoms with Crippen molar-refractivity contribution in [1.82, 2.24) is 16.0 Å². The first-order valence-electron chi connectivity index (χ1n) is 12.5.